The third kappa shape index (κ3) is 69.5. The van der Waals surface area contributed by atoms with Gasteiger partial charge in [-0.2, -0.15) is 0 Å². The second kappa shape index (κ2) is 69.6. The van der Waals surface area contributed by atoms with Crippen molar-refractivity contribution in [1.82, 2.24) is 0 Å². The fraction of sp³-hybridized carbons (Fsp3) is 0.918. The molecule has 0 heterocycles. The maximum absolute atomic E-state index is 12.7. The van der Waals surface area contributed by atoms with Gasteiger partial charge < -0.3 is 20.1 Å². The van der Waals surface area contributed by atoms with Gasteiger partial charge in [0.1, 0.15) is 6.61 Å². The summed E-state index contributed by atoms with van der Waals surface area (Å²) in [6.07, 6.45) is 86.0. The number of hydrogen-bond donors (Lipinski definition) is 2. The Balaban J connectivity index is 3.71. The molecule has 0 aliphatic carbocycles. The highest BCUT2D eigenvalue weighted by Gasteiger charge is 2.26. The number of rotatable bonds is 71. The molecule has 2 unspecified atom stereocenters. The van der Waals surface area contributed by atoms with Gasteiger partial charge in [0.15, 0.2) is 6.10 Å². The maximum Gasteiger partial charge on any atom is 0.472 e. The van der Waals surface area contributed by atoms with Crippen molar-refractivity contribution < 1.29 is 37.6 Å². The van der Waals surface area contributed by atoms with E-state index in [1.807, 2.05) is 0 Å². The first-order valence-electron chi connectivity index (χ1n) is 36.8. The predicted molar refractivity (Wildman–Crippen MR) is 358 cm³/mol. The zero-order chi connectivity index (χ0) is 60.1. The lowest BCUT2D eigenvalue weighted by Gasteiger charge is -2.19. The molecule has 0 aliphatic heterocycles. The Labute approximate surface area is 516 Å². The van der Waals surface area contributed by atoms with E-state index in [-0.39, 0.29) is 38.6 Å². The van der Waals surface area contributed by atoms with Crippen LogP contribution in [0.3, 0.4) is 0 Å². The van der Waals surface area contributed by atoms with E-state index in [0.717, 1.165) is 51.4 Å². The molecule has 0 aromatic carbocycles. The summed E-state index contributed by atoms with van der Waals surface area (Å²) in [7, 11) is -4.39. The fourth-order valence-corrected chi connectivity index (χ4v) is 12.1. The molecule has 0 aromatic rings. The predicted octanol–water partition coefficient (Wildman–Crippen LogP) is 24.1. The lowest BCUT2D eigenvalue weighted by Crippen LogP contribution is -2.29. The second-order valence-electron chi connectivity index (χ2n) is 25.2. The van der Waals surface area contributed by atoms with Crippen LogP contribution in [-0.4, -0.2) is 49.3 Å². The number of phosphoric ester groups is 1. The quantitative estimate of drug-likeness (QED) is 0.0264. The SMILES string of the molecule is CCCCCCC/C=C\C/C=C\CCCCCCCCCCCC(=O)OC(COC(=O)CCCCCCCCCCCCCCCCCCCCCCCCCCCCCCCCCCCCCCCCCCC)COP(=O)(O)OCCN. The summed E-state index contributed by atoms with van der Waals surface area (Å²) in [5.41, 5.74) is 5.40. The Morgan fingerprint density at radius 2 is 0.627 bits per heavy atom. The lowest BCUT2D eigenvalue weighted by atomic mass is 10.0. The van der Waals surface area contributed by atoms with Crippen LogP contribution in [0.5, 0.6) is 0 Å². The van der Waals surface area contributed by atoms with E-state index >= 15 is 0 Å². The summed E-state index contributed by atoms with van der Waals surface area (Å²) < 4.78 is 33.2. The normalized spacial score (nSPS) is 13.0. The van der Waals surface area contributed by atoms with Gasteiger partial charge in [0.25, 0.3) is 0 Å². The van der Waals surface area contributed by atoms with Crippen molar-refractivity contribution >= 4 is 19.8 Å². The molecule has 3 N–H and O–H groups in total. The second-order valence-corrected chi connectivity index (χ2v) is 26.6. The molecule has 0 saturated carbocycles. The summed E-state index contributed by atoms with van der Waals surface area (Å²) in [4.78, 5) is 35.3. The van der Waals surface area contributed by atoms with E-state index in [4.69, 9.17) is 24.3 Å². The number of carbonyl (C=O) groups is 2. The molecular formula is C73H142NO8P. The first kappa shape index (κ1) is 81.5. The lowest BCUT2D eigenvalue weighted by molar-refractivity contribution is -0.161. The van der Waals surface area contributed by atoms with Gasteiger partial charge >= 0.3 is 19.8 Å². The van der Waals surface area contributed by atoms with E-state index in [0.29, 0.717) is 6.42 Å². The van der Waals surface area contributed by atoms with Gasteiger partial charge in [-0.15, -0.1) is 0 Å². The van der Waals surface area contributed by atoms with Crippen molar-refractivity contribution in [3.63, 3.8) is 0 Å². The van der Waals surface area contributed by atoms with Crippen LogP contribution in [0, 0.1) is 0 Å². The number of unbranched alkanes of at least 4 members (excludes halogenated alkanes) is 54. The van der Waals surface area contributed by atoms with Crippen LogP contribution in [0.1, 0.15) is 399 Å². The molecule has 0 aliphatic rings. The molecule has 0 amide bonds. The maximum atomic E-state index is 12.7. The van der Waals surface area contributed by atoms with Crippen LogP contribution in [0.4, 0.5) is 0 Å². The molecule has 10 heteroatoms. The molecular weight excluding hydrogens is 1050 g/mol. The highest BCUT2D eigenvalue weighted by atomic mass is 31.2. The van der Waals surface area contributed by atoms with Crippen molar-refractivity contribution in [1.29, 1.82) is 0 Å². The van der Waals surface area contributed by atoms with Crippen molar-refractivity contribution in [3.8, 4) is 0 Å². The number of hydrogen-bond acceptors (Lipinski definition) is 8. The number of nitrogens with two attached hydrogens (primary N) is 1. The van der Waals surface area contributed by atoms with Crippen LogP contribution in [0.25, 0.3) is 0 Å². The summed E-state index contributed by atoms with van der Waals surface area (Å²) in [5, 5.41) is 0. The fourth-order valence-electron chi connectivity index (χ4n) is 11.4. The van der Waals surface area contributed by atoms with E-state index in [9.17, 15) is 19.0 Å². The number of carbonyl (C=O) groups excluding carboxylic acids is 2. The highest BCUT2D eigenvalue weighted by Crippen LogP contribution is 2.43. The largest absolute Gasteiger partial charge is 0.472 e. The smallest absolute Gasteiger partial charge is 0.462 e. The minimum atomic E-state index is -4.39. The molecule has 0 fully saturated rings. The van der Waals surface area contributed by atoms with E-state index < -0.39 is 26.5 Å². The zero-order valence-electron chi connectivity index (χ0n) is 55.5. The molecule has 0 rings (SSSR count). The van der Waals surface area contributed by atoms with Crippen molar-refractivity contribution in [2.45, 2.75) is 405 Å². The van der Waals surface area contributed by atoms with Crippen molar-refractivity contribution in [3.05, 3.63) is 24.3 Å². The highest BCUT2D eigenvalue weighted by molar-refractivity contribution is 7.47. The number of allylic oxidation sites excluding steroid dienone is 4. The van der Waals surface area contributed by atoms with Gasteiger partial charge in [0, 0.05) is 19.4 Å². The Hall–Kier alpha value is -1.51. The van der Waals surface area contributed by atoms with E-state index in [1.165, 1.54) is 315 Å². The number of esters is 2. The molecule has 0 saturated heterocycles. The van der Waals surface area contributed by atoms with Crippen molar-refractivity contribution in [2.24, 2.45) is 5.73 Å². The van der Waals surface area contributed by atoms with Gasteiger partial charge in [-0.25, -0.2) is 4.57 Å². The van der Waals surface area contributed by atoms with Gasteiger partial charge in [-0.1, -0.05) is 366 Å². The van der Waals surface area contributed by atoms with Crippen LogP contribution >= 0.6 is 7.82 Å². The van der Waals surface area contributed by atoms with Gasteiger partial charge in [0.2, 0.25) is 0 Å². The van der Waals surface area contributed by atoms with Gasteiger partial charge in [-0.05, 0) is 44.9 Å². The topological polar surface area (TPSA) is 134 Å². The molecule has 492 valence electrons. The standard InChI is InChI=1S/C73H142NO8P/c1-3-5-7-9-11-13-15-17-19-21-23-25-26-27-28-29-30-31-32-33-34-35-36-37-38-39-40-41-42-43-44-46-47-49-51-53-55-57-59-61-63-65-72(75)79-69-71(70-81-83(77,78)80-68-67-74)82-73(76)66-64-62-60-58-56-54-52-50-48-45-24-22-20-18-16-14-12-10-8-6-4-2/h16,18,22,24,71H,3-15,17,19-21,23,25-70,74H2,1-2H3,(H,77,78)/b18-16-,24-22-. The first-order valence-corrected chi connectivity index (χ1v) is 38.3. The Morgan fingerprint density at radius 3 is 0.916 bits per heavy atom. The summed E-state index contributed by atoms with van der Waals surface area (Å²) in [6.45, 7) is 3.80. The average molecular weight is 1190 g/mol. The molecule has 0 aromatic heterocycles. The average Bonchev–Trinajstić information content (AvgIpc) is 3.49. The molecule has 2 atom stereocenters. The minimum Gasteiger partial charge on any atom is -0.462 e. The Kier molecular flexibility index (Phi) is 68.3. The summed E-state index contributed by atoms with van der Waals surface area (Å²) >= 11 is 0. The molecule has 9 nitrogen and oxygen atoms in total. The Morgan fingerprint density at radius 1 is 0.361 bits per heavy atom. The monoisotopic (exact) mass is 1190 g/mol. The first-order chi connectivity index (χ1) is 40.8. The molecule has 0 radical (unpaired) electrons. The van der Waals surface area contributed by atoms with E-state index in [1.54, 1.807) is 0 Å². The van der Waals surface area contributed by atoms with Crippen LogP contribution in [0.2, 0.25) is 0 Å². The van der Waals surface area contributed by atoms with Crippen molar-refractivity contribution in [2.75, 3.05) is 26.4 Å². The molecule has 0 spiro atoms. The van der Waals surface area contributed by atoms with E-state index in [2.05, 4.69) is 38.2 Å². The minimum absolute atomic E-state index is 0.0550. The summed E-state index contributed by atoms with van der Waals surface area (Å²) in [5.74, 6) is -0.811. The van der Waals surface area contributed by atoms with Gasteiger partial charge in [-0.3, -0.25) is 18.6 Å². The number of ether oxygens (including phenoxy) is 2. The third-order valence-electron chi connectivity index (χ3n) is 16.8. The van der Waals surface area contributed by atoms with Crippen LogP contribution in [0.15, 0.2) is 24.3 Å². The molecule has 83 heavy (non-hydrogen) atoms. The molecule has 0 bridgehead atoms. The zero-order valence-corrected chi connectivity index (χ0v) is 56.4. The van der Waals surface area contributed by atoms with Gasteiger partial charge in [0.05, 0.1) is 13.2 Å². The van der Waals surface area contributed by atoms with Crippen LogP contribution in [-0.2, 0) is 32.7 Å². The summed E-state index contributed by atoms with van der Waals surface area (Å²) in [6, 6.07) is 0. The Bertz CT molecular complexity index is 1410. The number of phosphoric acid groups is 1. The van der Waals surface area contributed by atoms with Crippen LogP contribution < -0.4 is 5.73 Å². The third-order valence-corrected chi connectivity index (χ3v) is 17.8.